The van der Waals surface area contributed by atoms with Gasteiger partial charge in [-0.25, -0.2) is 0 Å². The van der Waals surface area contributed by atoms with Gasteiger partial charge in [-0.2, -0.15) is 0 Å². The summed E-state index contributed by atoms with van der Waals surface area (Å²) in [7, 11) is 0. The van der Waals surface area contributed by atoms with Crippen molar-refractivity contribution in [3.63, 3.8) is 0 Å². The Hall–Kier alpha value is -1.95. The summed E-state index contributed by atoms with van der Waals surface area (Å²) in [5.41, 5.74) is 0.485. The molecule has 1 aromatic carbocycles. The van der Waals surface area contributed by atoms with E-state index in [0.717, 1.165) is 12.8 Å². The second-order valence-electron chi connectivity index (χ2n) is 6.04. The number of nitro benzene ring substituents is 1. The zero-order chi connectivity index (χ0) is 14.8. The van der Waals surface area contributed by atoms with Crippen LogP contribution in [0.4, 0.5) is 11.4 Å². The van der Waals surface area contributed by atoms with Crippen LogP contribution in [0.1, 0.15) is 32.1 Å². The van der Waals surface area contributed by atoms with E-state index >= 15 is 0 Å². The molecule has 2 aliphatic heterocycles. The van der Waals surface area contributed by atoms with E-state index in [0.29, 0.717) is 30.1 Å². The molecular formula is C15H19N3O3. The van der Waals surface area contributed by atoms with Crippen LogP contribution in [0.15, 0.2) is 24.3 Å². The van der Waals surface area contributed by atoms with Crippen LogP contribution >= 0.6 is 0 Å². The standard InChI is InChI=1S/C15H19N3O3/c19-15(8-10-6-12-4-5-13(7-10)16-12)17-11-2-1-3-14(9-11)18(20)21/h1-3,9-10,12-13,16H,4-8H2,(H,17,19). The highest BCUT2D eigenvalue weighted by Crippen LogP contribution is 2.32. The largest absolute Gasteiger partial charge is 0.326 e. The monoisotopic (exact) mass is 289 g/mol. The van der Waals surface area contributed by atoms with Crippen molar-refractivity contribution in [2.24, 2.45) is 5.92 Å². The first-order valence-corrected chi connectivity index (χ1v) is 7.40. The van der Waals surface area contributed by atoms with E-state index < -0.39 is 4.92 Å². The fraction of sp³-hybridized carbons (Fsp3) is 0.533. The number of hydrogen-bond donors (Lipinski definition) is 2. The van der Waals surface area contributed by atoms with Crippen molar-refractivity contribution in [2.75, 3.05) is 5.32 Å². The number of anilines is 1. The van der Waals surface area contributed by atoms with Crippen molar-refractivity contribution in [2.45, 2.75) is 44.2 Å². The molecule has 1 aromatic rings. The van der Waals surface area contributed by atoms with E-state index in [2.05, 4.69) is 10.6 Å². The molecule has 2 aliphatic rings. The molecule has 3 rings (SSSR count). The summed E-state index contributed by atoms with van der Waals surface area (Å²) in [6.45, 7) is 0. The molecule has 6 nitrogen and oxygen atoms in total. The Morgan fingerprint density at radius 3 is 2.71 bits per heavy atom. The summed E-state index contributed by atoms with van der Waals surface area (Å²) < 4.78 is 0. The molecule has 2 heterocycles. The number of nitrogens with one attached hydrogen (secondary N) is 2. The van der Waals surface area contributed by atoms with E-state index in [1.165, 1.54) is 25.0 Å². The van der Waals surface area contributed by atoms with Gasteiger partial charge in [0, 0.05) is 36.3 Å². The lowest BCUT2D eigenvalue weighted by Gasteiger charge is -2.28. The second kappa shape index (κ2) is 5.81. The van der Waals surface area contributed by atoms with Gasteiger partial charge in [0.1, 0.15) is 0 Å². The molecule has 2 N–H and O–H groups in total. The van der Waals surface area contributed by atoms with E-state index in [4.69, 9.17) is 0 Å². The molecule has 0 spiro atoms. The average Bonchev–Trinajstić information content (AvgIpc) is 2.78. The SMILES string of the molecule is O=C(CC1CC2CCC(C1)N2)Nc1cccc([N+](=O)[O-])c1. The van der Waals surface area contributed by atoms with Gasteiger partial charge in [0.25, 0.3) is 5.69 Å². The summed E-state index contributed by atoms with van der Waals surface area (Å²) in [6, 6.07) is 7.21. The third-order valence-corrected chi connectivity index (χ3v) is 4.39. The third kappa shape index (κ3) is 3.39. The molecule has 0 aliphatic carbocycles. The number of nitro groups is 1. The molecule has 1 amide bonds. The van der Waals surface area contributed by atoms with Crippen LogP contribution in [-0.4, -0.2) is 22.9 Å². The smallest absolute Gasteiger partial charge is 0.271 e. The van der Waals surface area contributed by atoms with Crippen molar-refractivity contribution >= 4 is 17.3 Å². The average molecular weight is 289 g/mol. The maximum Gasteiger partial charge on any atom is 0.271 e. The van der Waals surface area contributed by atoms with Crippen molar-refractivity contribution in [3.8, 4) is 0 Å². The van der Waals surface area contributed by atoms with Crippen molar-refractivity contribution in [1.29, 1.82) is 0 Å². The van der Waals surface area contributed by atoms with Gasteiger partial charge >= 0.3 is 0 Å². The Bertz CT molecular complexity index is 549. The van der Waals surface area contributed by atoms with Gasteiger partial charge in [-0.05, 0) is 37.7 Å². The Morgan fingerprint density at radius 2 is 2.05 bits per heavy atom. The minimum atomic E-state index is -0.458. The fourth-order valence-electron chi connectivity index (χ4n) is 3.51. The lowest BCUT2D eigenvalue weighted by Crippen LogP contribution is -2.39. The van der Waals surface area contributed by atoms with Crippen LogP contribution in [0.2, 0.25) is 0 Å². The first kappa shape index (κ1) is 14.0. The molecule has 0 radical (unpaired) electrons. The lowest BCUT2D eigenvalue weighted by atomic mass is 9.89. The first-order chi connectivity index (χ1) is 10.1. The Balaban J connectivity index is 1.56. The molecule has 21 heavy (non-hydrogen) atoms. The van der Waals surface area contributed by atoms with Crippen LogP contribution in [-0.2, 0) is 4.79 Å². The summed E-state index contributed by atoms with van der Waals surface area (Å²) >= 11 is 0. The van der Waals surface area contributed by atoms with E-state index in [1.54, 1.807) is 12.1 Å². The number of fused-ring (bicyclic) bond motifs is 2. The summed E-state index contributed by atoms with van der Waals surface area (Å²) in [5, 5.41) is 17.0. The van der Waals surface area contributed by atoms with E-state index in [1.807, 2.05) is 0 Å². The molecule has 2 unspecified atom stereocenters. The summed E-state index contributed by atoms with van der Waals surface area (Å²) in [4.78, 5) is 22.4. The first-order valence-electron chi connectivity index (χ1n) is 7.40. The Morgan fingerprint density at radius 1 is 1.33 bits per heavy atom. The molecule has 2 fully saturated rings. The highest BCUT2D eigenvalue weighted by molar-refractivity contribution is 5.91. The second-order valence-corrected chi connectivity index (χ2v) is 6.04. The maximum absolute atomic E-state index is 12.1. The lowest BCUT2D eigenvalue weighted by molar-refractivity contribution is -0.384. The molecule has 0 saturated carbocycles. The summed E-state index contributed by atoms with van der Waals surface area (Å²) in [5.74, 6) is 0.365. The fourth-order valence-corrected chi connectivity index (χ4v) is 3.51. The number of amides is 1. The molecule has 2 saturated heterocycles. The van der Waals surface area contributed by atoms with Crippen molar-refractivity contribution < 1.29 is 9.72 Å². The number of rotatable bonds is 4. The van der Waals surface area contributed by atoms with Crippen molar-refractivity contribution in [3.05, 3.63) is 34.4 Å². The molecule has 6 heteroatoms. The third-order valence-electron chi connectivity index (χ3n) is 4.39. The quantitative estimate of drug-likeness (QED) is 0.658. The molecular weight excluding hydrogens is 270 g/mol. The number of carbonyl (C=O) groups is 1. The van der Waals surface area contributed by atoms with Gasteiger partial charge in [-0.15, -0.1) is 0 Å². The predicted octanol–water partition coefficient (Wildman–Crippen LogP) is 2.45. The minimum absolute atomic E-state index is 0.00675. The van der Waals surface area contributed by atoms with Gasteiger partial charge in [0.2, 0.25) is 5.91 Å². The van der Waals surface area contributed by atoms with Gasteiger partial charge < -0.3 is 10.6 Å². The molecule has 0 aromatic heterocycles. The summed E-state index contributed by atoms with van der Waals surface area (Å²) in [6.07, 6.45) is 5.04. The van der Waals surface area contributed by atoms with Gasteiger partial charge in [0.05, 0.1) is 4.92 Å². The van der Waals surface area contributed by atoms with E-state index in [-0.39, 0.29) is 11.6 Å². The zero-order valence-corrected chi connectivity index (χ0v) is 11.7. The van der Waals surface area contributed by atoms with Crippen molar-refractivity contribution in [1.82, 2.24) is 5.32 Å². The van der Waals surface area contributed by atoms with Gasteiger partial charge in [-0.3, -0.25) is 14.9 Å². The molecule has 112 valence electrons. The zero-order valence-electron chi connectivity index (χ0n) is 11.7. The van der Waals surface area contributed by atoms with Crippen LogP contribution < -0.4 is 10.6 Å². The number of benzene rings is 1. The topological polar surface area (TPSA) is 84.3 Å². The number of piperidine rings is 1. The van der Waals surface area contributed by atoms with Crippen LogP contribution in [0.25, 0.3) is 0 Å². The predicted molar refractivity (Wildman–Crippen MR) is 79.0 cm³/mol. The highest BCUT2D eigenvalue weighted by Gasteiger charge is 2.34. The molecule has 2 atom stereocenters. The van der Waals surface area contributed by atoms with Crippen LogP contribution in [0, 0.1) is 16.0 Å². The number of non-ortho nitro benzene ring substituents is 1. The van der Waals surface area contributed by atoms with Crippen LogP contribution in [0.3, 0.4) is 0 Å². The Kier molecular flexibility index (Phi) is 3.88. The maximum atomic E-state index is 12.1. The highest BCUT2D eigenvalue weighted by atomic mass is 16.6. The molecule has 2 bridgehead atoms. The number of nitrogens with zero attached hydrogens (tertiary/aromatic N) is 1. The van der Waals surface area contributed by atoms with Crippen LogP contribution in [0.5, 0.6) is 0 Å². The van der Waals surface area contributed by atoms with Gasteiger partial charge in [-0.1, -0.05) is 6.07 Å². The Labute approximate surface area is 123 Å². The number of hydrogen-bond acceptors (Lipinski definition) is 4. The normalized spacial score (nSPS) is 27.3. The van der Waals surface area contributed by atoms with Gasteiger partial charge in [0.15, 0.2) is 0 Å². The number of carbonyl (C=O) groups excluding carboxylic acids is 1. The van der Waals surface area contributed by atoms with E-state index in [9.17, 15) is 14.9 Å². The minimum Gasteiger partial charge on any atom is -0.326 e.